The quantitative estimate of drug-likeness (QED) is 0.558. The van der Waals surface area contributed by atoms with Crippen LogP contribution in [-0.4, -0.2) is 20.3 Å². The third kappa shape index (κ3) is 4.22. The minimum Gasteiger partial charge on any atom is -0.545 e. The Kier molecular flexibility index (Phi) is 5.85. The summed E-state index contributed by atoms with van der Waals surface area (Å²) >= 11 is 0.798. The van der Waals surface area contributed by atoms with Gasteiger partial charge in [0.1, 0.15) is 5.58 Å². The molecule has 0 N–H and O–H groups in total. The average Bonchev–Trinajstić information content (AvgIpc) is 3.05. The van der Waals surface area contributed by atoms with E-state index in [1.54, 1.807) is 0 Å². The second-order valence-corrected chi connectivity index (χ2v) is 8.93. The molecule has 0 unspecified atom stereocenters. The predicted molar refractivity (Wildman–Crippen MR) is 105 cm³/mol. The van der Waals surface area contributed by atoms with Crippen molar-refractivity contribution in [3.63, 3.8) is 0 Å². The van der Waals surface area contributed by atoms with Crippen LogP contribution < -0.4 is 14.4 Å². The van der Waals surface area contributed by atoms with Crippen molar-refractivity contribution >= 4 is 49.2 Å². The van der Waals surface area contributed by atoms with E-state index in [1.165, 1.54) is 18.2 Å². The van der Waals surface area contributed by atoms with Crippen molar-refractivity contribution in [2.75, 3.05) is 4.31 Å². The molecule has 0 aliphatic rings. The van der Waals surface area contributed by atoms with Crippen LogP contribution in [0.4, 0.5) is 5.69 Å². The number of carbonyl (C=O) groups is 2. The van der Waals surface area contributed by atoms with Gasteiger partial charge in [-0.25, -0.2) is 17.5 Å². The molecule has 0 aliphatic carbocycles. The first-order chi connectivity index (χ1) is 13.7. The molecule has 0 bridgehead atoms. The van der Waals surface area contributed by atoms with Gasteiger partial charge in [-0.2, -0.15) is 0 Å². The number of hydrogen-bond donors (Lipinski definition) is 0. The maximum atomic E-state index is 13.2. The van der Waals surface area contributed by atoms with Crippen LogP contribution in [0.5, 0.6) is 0 Å². The SMILES string of the molecule is CCCCC(=O)N(c1ccc2oc(=O)sc2c1)S(=O)(=O)c1ccc(C(=O)[O-])cc1. The summed E-state index contributed by atoms with van der Waals surface area (Å²) in [6, 6.07) is 8.63. The molecule has 1 aromatic heterocycles. The normalized spacial score (nSPS) is 11.5. The van der Waals surface area contributed by atoms with Crippen molar-refractivity contribution in [1.82, 2.24) is 0 Å². The summed E-state index contributed by atoms with van der Waals surface area (Å²) in [5, 5.41) is 10.9. The molecule has 0 atom stereocenters. The van der Waals surface area contributed by atoms with E-state index in [1.807, 2.05) is 6.92 Å². The van der Waals surface area contributed by atoms with Gasteiger partial charge >= 0.3 is 4.94 Å². The smallest absolute Gasteiger partial charge is 0.396 e. The number of benzene rings is 2. The molecule has 0 radical (unpaired) electrons. The Balaban J connectivity index is 2.11. The second-order valence-electron chi connectivity index (χ2n) is 6.16. The number of carbonyl (C=O) groups excluding carboxylic acids is 2. The van der Waals surface area contributed by atoms with Gasteiger partial charge in [-0.05, 0) is 42.3 Å². The van der Waals surface area contributed by atoms with Crippen LogP contribution >= 0.6 is 11.3 Å². The highest BCUT2D eigenvalue weighted by Gasteiger charge is 2.31. The van der Waals surface area contributed by atoms with Crippen LogP contribution in [0.25, 0.3) is 10.3 Å². The molecule has 0 spiro atoms. The van der Waals surface area contributed by atoms with Crippen LogP contribution in [0.3, 0.4) is 0 Å². The van der Waals surface area contributed by atoms with E-state index < -0.39 is 26.8 Å². The summed E-state index contributed by atoms with van der Waals surface area (Å²) in [5.41, 5.74) is 0.178. The van der Waals surface area contributed by atoms with Gasteiger partial charge in [0.15, 0.2) is 0 Å². The van der Waals surface area contributed by atoms with E-state index >= 15 is 0 Å². The van der Waals surface area contributed by atoms with Gasteiger partial charge < -0.3 is 14.3 Å². The summed E-state index contributed by atoms with van der Waals surface area (Å²) in [6.45, 7) is 1.87. The monoisotopic (exact) mass is 434 g/mol. The molecule has 1 amide bonds. The van der Waals surface area contributed by atoms with Gasteiger partial charge in [0.2, 0.25) is 5.91 Å². The van der Waals surface area contributed by atoms with E-state index in [4.69, 9.17) is 4.42 Å². The Bertz CT molecular complexity index is 1220. The summed E-state index contributed by atoms with van der Waals surface area (Å²) < 4.78 is 32.5. The summed E-state index contributed by atoms with van der Waals surface area (Å²) in [4.78, 5) is 34.4. The number of carboxylic acid groups (broad SMARTS) is 1. The minimum absolute atomic E-state index is 0.00647. The molecule has 3 aromatic rings. The van der Waals surface area contributed by atoms with Gasteiger partial charge in [-0.3, -0.25) is 4.79 Å². The van der Waals surface area contributed by atoms with Gasteiger partial charge in [0.25, 0.3) is 10.0 Å². The van der Waals surface area contributed by atoms with Gasteiger partial charge in [-0.15, -0.1) is 0 Å². The van der Waals surface area contributed by atoms with E-state index in [9.17, 15) is 27.9 Å². The number of carboxylic acids is 1. The first-order valence-electron chi connectivity index (χ1n) is 8.67. The molecule has 2 aromatic carbocycles. The predicted octanol–water partition coefficient (Wildman–Crippen LogP) is 2.13. The minimum atomic E-state index is -4.32. The number of nitrogens with zero attached hydrogens (tertiary/aromatic N) is 1. The number of amides is 1. The average molecular weight is 434 g/mol. The zero-order chi connectivity index (χ0) is 21.2. The van der Waals surface area contributed by atoms with Crippen molar-refractivity contribution in [3.8, 4) is 0 Å². The van der Waals surface area contributed by atoms with Crippen LogP contribution in [0, 0.1) is 0 Å². The molecule has 3 rings (SSSR count). The summed E-state index contributed by atoms with van der Waals surface area (Å²) in [5.74, 6) is -2.07. The van der Waals surface area contributed by atoms with E-state index in [0.717, 1.165) is 35.6 Å². The fraction of sp³-hybridized carbons (Fsp3) is 0.211. The molecule has 0 saturated heterocycles. The van der Waals surface area contributed by atoms with Gasteiger partial charge in [0.05, 0.1) is 21.3 Å². The first kappa shape index (κ1) is 20.7. The maximum Gasteiger partial charge on any atom is 0.396 e. The Morgan fingerprint density at radius 3 is 2.45 bits per heavy atom. The van der Waals surface area contributed by atoms with Crippen molar-refractivity contribution in [2.45, 2.75) is 31.1 Å². The number of fused-ring (bicyclic) bond motifs is 1. The third-order valence-electron chi connectivity index (χ3n) is 4.15. The highest BCUT2D eigenvalue weighted by atomic mass is 32.2. The lowest BCUT2D eigenvalue weighted by molar-refractivity contribution is -0.255. The molecule has 152 valence electrons. The zero-order valence-corrected chi connectivity index (χ0v) is 16.9. The largest absolute Gasteiger partial charge is 0.545 e. The number of sulfonamides is 1. The van der Waals surface area contributed by atoms with Gasteiger partial charge in [-0.1, -0.05) is 36.8 Å². The van der Waals surface area contributed by atoms with Crippen molar-refractivity contribution in [3.05, 3.63) is 57.8 Å². The van der Waals surface area contributed by atoms with Crippen molar-refractivity contribution < 1.29 is 27.5 Å². The maximum absolute atomic E-state index is 13.2. The summed E-state index contributed by atoms with van der Waals surface area (Å²) in [6.07, 6.45) is 1.20. The molecule has 10 heteroatoms. The Hall–Kier alpha value is -2.98. The Morgan fingerprint density at radius 1 is 1.14 bits per heavy atom. The molecule has 8 nitrogen and oxygen atoms in total. The lowest BCUT2D eigenvalue weighted by atomic mass is 10.2. The molecule has 0 aliphatic heterocycles. The van der Waals surface area contributed by atoms with Gasteiger partial charge in [0, 0.05) is 6.42 Å². The molecular formula is C19H16NO7S2-. The fourth-order valence-electron chi connectivity index (χ4n) is 2.70. The fourth-order valence-corrected chi connectivity index (χ4v) is 4.84. The number of aromatic carboxylic acids is 1. The number of rotatable bonds is 7. The number of hydrogen-bond acceptors (Lipinski definition) is 8. The lowest BCUT2D eigenvalue weighted by Crippen LogP contribution is -2.37. The first-order valence-corrected chi connectivity index (χ1v) is 10.9. The molecule has 29 heavy (non-hydrogen) atoms. The molecule has 0 fully saturated rings. The van der Waals surface area contributed by atoms with E-state index in [2.05, 4.69) is 0 Å². The topological polar surface area (TPSA) is 125 Å². The van der Waals surface area contributed by atoms with Crippen molar-refractivity contribution in [2.24, 2.45) is 0 Å². The lowest BCUT2D eigenvalue weighted by Gasteiger charge is -2.23. The molecule has 1 heterocycles. The highest BCUT2D eigenvalue weighted by Crippen LogP contribution is 2.29. The van der Waals surface area contributed by atoms with E-state index in [-0.39, 0.29) is 22.6 Å². The van der Waals surface area contributed by atoms with Crippen LogP contribution in [-0.2, 0) is 14.8 Å². The Labute approximate surface area is 170 Å². The van der Waals surface area contributed by atoms with Crippen LogP contribution in [0.1, 0.15) is 36.5 Å². The second kappa shape index (κ2) is 8.18. The summed E-state index contributed by atoms with van der Waals surface area (Å²) in [7, 11) is -4.32. The van der Waals surface area contributed by atoms with Crippen molar-refractivity contribution in [1.29, 1.82) is 0 Å². The number of anilines is 1. The Morgan fingerprint density at radius 2 is 1.83 bits per heavy atom. The van der Waals surface area contributed by atoms with Crippen LogP contribution in [0.15, 0.2) is 56.6 Å². The molecular weight excluding hydrogens is 418 g/mol. The number of unbranched alkanes of at least 4 members (excludes halogenated alkanes) is 1. The van der Waals surface area contributed by atoms with Crippen LogP contribution in [0.2, 0.25) is 0 Å². The zero-order valence-electron chi connectivity index (χ0n) is 15.3. The van der Waals surface area contributed by atoms with E-state index in [0.29, 0.717) is 27.4 Å². The molecule has 0 saturated carbocycles. The standard InChI is InChI=1S/C19H17NO7S2/c1-2-3-4-17(21)20(13-7-10-15-16(11-13)28-19(24)27-15)29(25,26)14-8-5-12(6-9-14)18(22)23/h5-11H,2-4H2,1H3,(H,22,23)/p-1. The third-order valence-corrected chi connectivity index (χ3v) is 6.70. The highest BCUT2D eigenvalue weighted by molar-refractivity contribution is 7.93.